The monoisotopic (exact) mass is 168 g/mol. The van der Waals surface area contributed by atoms with E-state index in [-0.39, 0.29) is 41.9 Å². The van der Waals surface area contributed by atoms with Crippen molar-refractivity contribution in [2.45, 2.75) is 0 Å². The Labute approximate surface area is 42.5 Å². The smallest absolute Gasteiger partial charge is 0 e. The summed E-state index contributed by atoms with van der Waals surface area (Å²) in [7, 11) is 0. The van der Waals surface area contributed by atoms with Crippen LogP contribution in [0.5, 0.6) is 0 Å². The second-order valence-corrected chi connectivity index (χ2v) is 0. The minimum atomic E-state index is 0. The van der Waals surface area contributed by atoms with Crippen molar-refractivity contribution in [1.29, 1.82) is 0 Å². The van der Waals surface area contributed by atoms with Gasteiger partial charge in [-0.2, -0.15) is 9.90 Å². The third-order valence-electron chi connectivity index (χ3n) is 0. The van der Waals surface area contributed by atoms with Crippen LogP contribution in [0, 0.1) is 0 Å². The third kappa shape index (κ3) is 11.7. The zero-order valence-electron chi connectivity index (χ0n) is 2.12. The SMILES string of the molecule is O.O.P.[Mo]. The average Bonchev–Trinajstić information content (AvgIpc) is 0. The van der Waals surface area contributed by atoms with Crippen molar-refractivity contribution in [2.75, 3.05) is 0 Å². The molecule has 0 bridgehead atoms. The van der Waals surface area contributed by atoms with E-state index >= 15 is 0 Å². The fourth-order valence-corrected chi connectivity index (χ4v) is 0. The summed E-state index contributed by atoms with van der Waals surface area (Å²) in [6.45, 7) is 0. The third-order valence-corrected chi connectivity index (χ3v) is 0. The molecule has 0 aliphatic rings. The molecule has 30 valence electrons. The summed E-state index contributed by atoms with van der Waals surface area (Å²) >= 11 is 0. The summed E-state index contributed by atoms with van der Waals surface area (Å²) in [5.41, 5.74) is 0. The second kappa shape index (κ2) is 34.6. The summed E-state index contributed by atoms with van der Waals surface area (Å²) in [4.78, 5) is 0. The molecular weight excluding hydrogens is 159 g/mol. The standard InChI is InChI=1S/Mo.2H2O.H3P/h;2*1H2;1H3. The summed E-state index contributed by atoms with van der Waals surface area (Å²) in [5.74, 6) is 0. The molecule has 4 N–H and O–H groups in total. The van der Waals surface area contributed by atoms with Gasteiger partial charge in [0.1, 0.15) is 0 Å². The Morgan fingerprint density at radius 3 is 0.750 bits per heavy atom. The van der Waals surface area contributed by atoms with E-state index in [0.717, 1.165) is 0 Å². The van der Waals surface area contributed by atoms with Crippen molar-refractivity contribution in [3.8, 4) is 0 Å². The van der Waals surface area contributed by atoms with E-state index in [2.05, 4.69) is 0 Å². The van der Waals surface area contributed by atoms with Crippen LogP contribution in [0.25, 0.3) is 0 Å². The predicted molar refractivity (Wildman–Crippen MR) is 18.3 cm³/mol. The van der Waals surface area contributed by atoms with Crippen LogP contribution in [-0.2, 0) is 21.1 Å². The molecule has 0 heterocycles. The molecule has 0 amide bonds. The van der Waals surface area contributed by atoms with E-state index in [1.165, 1.54) is 0 Å². The molecule has 0 aromatic carbocycles. The molecule has 0 rings (SSSR count). The van der Waals surface area contributed by atoms with E-state index in [0.29, 0.717) is 0 Å². The minimum Gasteiger partial charge on any atom is -0.412 e. The zero-order chi connectivity index (χ0) is 0. The largest absolute Gasteiger partial charge is 0.412 e. The van der Waals surface area contributed by atoms with Crippen LogP contribution in [0.2, 0.25) is 0 Å². The maximum absolute atomic E-state index is 0. The summed E-state index contributed by atoms with van der Waals surface area (Å²) in [5, 5.41) is 0. The Bertz CT molecular complexity index is 6.00. The van der Waals surface area contributed by atoms with Crippen LogP contribution in [0.3, 0.4) is 0 Å². The average molecular weight is 166 g/mol. The van der Waals surface area contributed by atoms with Crippen LogP contribution < -0.4 is 0 Å². The summed E-state index contributed by atoms with van der Waals surface area (Å²) in [6, 6.07) is 0. The first kappa shape index (κ1) is 76.2. The molecule has 0 spiro atoms. The Balaban J connectivity index is 0. The number of rotatable bonds is 0. The Morgan fingerprint density at radius 1 is 0.750 bits per heavy atom. The summed E-state index contributed by atoms with van der Waals surface area (Å²) < 4.78 is 0. The summed E-state index contributed by atoms with van der Waals surface area (Å²) in [6.07, 6.45) is 0. The minimum absolute atomic E-state index is 0. The van der Waals surface area contributed by atoms with E-state index in [1.54, 1.807) is 0 Å². The first-order valence-electron chi connectivity index (χ1n) is 0. The molecule has 0 saturated heterocycles. The molecule has 0 aromatic heterocycles. The van der Waals surface area contributed by atoms with Gasteiger partial charge in [0, 0.05) is 21.1 Å². The van der Waals surface area contributed by atoms with Crippen LogP contribution in [0.15, 0.2) is 0 Å². The van der Waals surface area contributed by atoms with Gasteiger partial charge >= 0.3 is 0 Å². The van der Waals surface area contributed by atoms with Crippen LogP contribution in [0.4, 0.5) is 0 Å². The number of hydrogen-bond donors (Lipinski definition) is 0. The molecule has 0 fully saturated rings. The molecule has 2 nitrogen and oxygen atoms in total. The van der Waals surface area contributed by atoms with Gasteiger partial charge in [0.25, 0.3) is 0 Å². The molecule has 1 atom stereocenters. The zero-order valence-corrected chi connectivity index (χ0v) is 5.54. The molecule has 4 heteroatoms. The Hall–Kier alpha value is 1.04. The first-order chi connectivity index (χ1) is 0. The van der Waals surface area contributed by atoms with Crippen molar-refractivity contribution in [1.82, 2.24) is 0 Å². The fraction of sp³-hybridized carbons (Fsp3) is 0. The molecule has 0 aliphatic heterocycles. The van der Waals surface area contributed by atoms with Gasteiger partial charge in [0.15, 0.2) is 0 Å². The van der Waals surface area contributed by atoms with Gasteiger partial charge in [-0.15, -0.1) is 0 Å². The quantitative estimate of drug-likeness (QED) is 0.307. The van der Waals surface area contributed by atoms with E-state index < -0.39 is 0 Å². The molecule has 0 saturated carbocycles. The molecule has 4 heavy (non-hydrogen) atoms. The molecule has 0 aromatic rings. The van der Waals surface area contributed by atoms with E-state index in [9.17, 15) is 0 Å². The Kier molecular flexibility index (Phi) is 659. The second-order valence-electron chi connectivity index (χ2n) is 0. The van der Waals surface area contributed by atoms with Gasteiger partial charge in [0.2, 0.25) is 0 Å². The first-order valence-corrected chi connectivity index (χ1v) is 0. The van der Waals surface area contributed by atoms with Gasteiger partial charge in [-0.1, -0.05) is 0 Å². The van der Waals surface area contributed by atoms with Crippen LogP contribution >= 0.6 is 9.90 Å². The van der Waals surface area contributed by atoms with Crippen LogP contribution in [-0.4, -0.2) is 11.0 Å². The normalized spacial score (nSPS) is 0. The van der Waals surface area contributed by atoms with Gasteiger partial charge in [-0.3, -0.25) is 0 Å². The predicted octanol–water partition coefficient (Wildman–Crippen LogP) is -1.59. The van der Waals surface area contributed by atoms with Gasteiger partial charge in [-0.05, 0) is 0 Å². The van der Waals surface area contributed by atoms with Crippen molar-refractivity contribution >= 4 is 9.90 Å². The van der Waals surface area contributed by atoms with E-state index in [1.807, 2.05) is 0 Å². The fourth-order valence-electron chi connectivity index (χ4n) is 0. The van der Waals surface area contributed by atoms with Crippen molar-refractivity contribution in [3.63, 3.8) is 0 Å². The van der Waals surface area contributed by atoms with Crippen LogP contribution in [0.1, 0.15) is 0 Å². The maximum Gasteiger partial charge on any atom is 0 e. The number of hydrogen-bond acceptors (Lipinski definition) is 0. The molecular formula is H7MoO2P. The van der Waals surface area contributed by atoms with Crippen molar-refractivity contribution in [3.05, 3.63) is 0 Å². The maximum atomic E-state index is 0. The molecule has 0 radical (unpaired) electrons. The Morgan fingerprint density at radius 2 is 0.750 bits per heavy atom. The topological polar surface area (TPSA) is 63.0 Å². The van der Waals surface area contributed by atoms with E-state index in [4.69, 9.17) is 0 Å². The van der Waals surface area contributed by atoms with Crippen molar-refractivity contribution in [2.24, 2.45) is 0 Å². The van der Waals surface area contributed by atoms with Gasteiger partial charge < -0.3 is 11.0 Å². The van der Waals surface area contributed by atoms with Gasteiger partial charge in [-0.25, -0.2) is 0 Å². The van der Waals surface area contributed by atoms with Crippen molar-refractivity contribution < 1.29 is 32.0 Å². The van der Waals surface area contributed by atoms with Gasteiger partial charge in [0.05, 0.1) is 0 Å². The molecule has 0 aliphatic carbocycles. The molecule has 1 unspecified atom stereocenters.